The molecule has 3 aliphatic rings. The van der Waals surface area contributed by atoms with Crippen molar-refractivity contribution in [2.45, 2.75) is 116 Å². The average Bonchev–Trinajstić information content (AvgIpc) is 2.89. The highest BCUT2D eigenvalue weighted by molar-refractivity contribution is 6.74. The fourth-order valence-corrected chi connectivity index (χ4v) is 7.76. The maximum absolute atomic E-state index is 13.3. The van der Waals surface area contributed by atoms with Gasteiger partial charge in [-0.15, -0.1) is 0 Å². The topological polar surface area (TPSA) is 64.5 Å². The number of aromatic nitrogens is 2. The van der Waals surface area contributed by atoms with Gasteiger partial charge in [0.1, 0.15) is 11.8 Å². The second-order valence-electron chi connectivity index (χ2n) is 14.3. The molecule has 1 spiro atoms. The van der Waals surface area contributed by atoms with E-state index in [1.165, 1.54) is 12.5 Å². The summed E-state index contributed by atoms with van der Waals surface area (Å²) in [6.45, 7) is 16.5. The second-order valence-corrected chi connectivity index (χ2v) is 19.1. The third-order valence-corrected chi connectivity index (χ3v) is 14.5. The first-order valence-corrected chi connectivity index (χ1v) is 18.2. The van der Waals surface area contributed by atoms with Crippen molar-refractivity contribution in [1.29, 1.82) is 0 Å². The van der Waals surface area contributed by atoms with E-state index in [9.17, 15) is 18.3 Å². The lowest BCUT2D eigenvalue weighted by Gasteiger charge is -2.51. The lowest BCUT2D eigenvalue weighted by molar-refractivity contribution is -0.141. The number of pyridine rings is 2. The molecule has 1 N–H and O–H groups in total. The predicted molar refractivity (Wildman–Crippen MR) is 161 cm³/mol. The van der Waals surface area contributed by atoms with Gasteiger partial charge in [0.25, 0.3) is 0 Å². The summed E-state index contributed by atoms with van der Waals surface area (Å²) in [5, 5.41) is 12.0. The van der Waals surface area contributed by atoms with E-state index in [1.54, 1.807) is 0 Å². The lowest BCUT2D eigenvalue weighted by atomic mass is 9.59. The summed E-state index contributed by atoms with van der Waals surface area (Å²) >= 11 is 0. The minimum atomic E-state index is -4.55. The predicted octanol–water partition coefficient (Wildman–Crippen LogP) is 8.68. The van der Waals surface area contributed by atoms with E-state index < -0.39 is 26.3 Å². The van der Waals surface area contributed by atoms with Crippen LogP contribution < -0.4 is 0 Å². The summed E-state index contributed by atoms with van der Waals surface area (Å²) in [7, 11) is -2.20. The maximum atomic E-state index is 13.3. The summed E-state index contributed by atoms with van der Waals surface area (Å²) in [4.78, 5) is 8.98. The normalized spacial score (nSPS) is 21.6. The zero-order valence-corrected chi connectivity index (χ0v) is 27.0. The molecule has 2 aromatic heterocycles. The van der Waals surface area contributed by atoms with Crippen LogP contribution in [0.1, 0.15) is 124 Å². The van der Waals surface area contributed by atoms with E-state index in [0.717, 1.165) is 66.0 Å². The van der Waals surface area contributed by atoms with Crippen molar-refractivity contribution < 1.29 is 27.4 Å². The molecule has 0 amide bonds. The summed E-state index contributed by atoms with van der Waals surface area (Å²) in [6, 6.07) is 2.27. The quantitative estimate of drug-likeness (QED) is 0.335. The van der Waals surface area contributed by atoms with Gasteiger partial charge in [-0.3, -0.25) is 9.97 Å². The summed E-state index contributed by atoms with van der Waals surface area (Å²) < 4.78 is 52.8. The van der Waals surface area contributed by atoms with Gasteiger partial charge in [-0.2, -0.15) is 13.2 Å². The van der Waals surface area contributed by atoms with Gasteiger partial charge < -0.3 is 14.3 Å². The number of hydrogen-bond donors (Lipinski definition) is 1. The fraction of sp³-hybridized carbons (Fsp3) is 0.636. The van der Waals surface area contributed by atoms with Gasteiger partial charge in [-0.25, -0.2) is 0 Å². The highest BCUT2D eigenvalue weighted by atomic mass is 28.4. The van der Waals surface area contributed by atoms with Gasteiger partial charge in [0.2, 0.25) is 0 Å². The minimum absolute atomic E-state index is 0.00897. The van der Waals surface area contributed by atoms with Crippen LogP contribution in [0.5, 0.6) is 0 Å². The number of fused-ring (bicyclic) bond motifs is 1. The van der Waals surface area contributed by atoms with Crippen molar-refractivity contribution in [3.05, 3.63) is 63.7 Å². The molecule has 1 fully saturated rings. The summed E-state index contributed by atoms with van der Waals surface area (Å²) in [5.41, 5.74) is 5.11. The third-order valence-electron chi connectivity index (χ3n) is 10.0. The number of nitrogens with zero attached hydrogens (tertiary/aromatic N) is 2. The molecular weight excluding hydrogens is 557 g/mol. The molecule has 9 heteroatoms. The molecule has 230 valence electrons. The van der Waals surface area contributed by atoms with E-state index in [-0.39, 0.29) is 22.5 Å². The van der Waals surface area contributed by atoms with Crippen molar-refractivity contribution in [2.24, 2.45) is 5.41 Å². The van der Waals surface area contributed by atoms with Crippen LogP contribution in [-0.4, -0.2) is 36.6 Å². The number of aliphatic hydroxyl groups is 1. The lowest BCUT2D eigenvalue weighted by Crippen LogP contribution is -2.46. The standard InChI is InChI=1S/C33H45F3N2O3Si/c1-20(2)29-28(30(39)22-9-10-25(37-19-22)33(34,35)36)26(21-11-15-40-16-12-21)27-23(38-29)17-32(13-8-14-32)18-24(27)41-42(6,7)31(3,4)5/h9-11,19-20,24,30,39H,8,12-18H2,1-7H3/t24-,30?/m1/s1. The molecule has 2 aromatic rings. The smallest absolute Gasteiger partial charge is 0.410 e. The highest BCUT2D eigenvalue weighted by Gasteiger charge is 2.49. The number of halogens is 3. The Balaban J connectivity index is 1.75. The SMILES string of the molecule is CC(C)c1nc2c(c(C3=CCOCC3)c1C(O)c1ccc(C(F)(F)F)nc1)[C@H](O[Si](C)(C)C(C)(C)C)CC1(CCC1)C2. The average molecular weight is 603 g/mol. The van der Waals surface area contributed by atoms with Crippen LogP contribution in [-0.2, 0) is 21.8 Å². The molecule has 1 saturated carbocycles. The van der Waals surface area contributed by atoms with Crippen molar-refractivity contribution >= 4 is 13.9 Å². The van der Waals surface area contributed by atoms with Crippen LogP contribution in [0.4, 0.5) is 13.2 Å². The molecule has 5 nitrogen and oxygen atoms in total. The number of ether oxygens (including phenoxy) is 1. The van der Waals surface area contributed by atoms with Crippen molar-refractivity contribution in [1.82, 2.24) is 9.97 Å². The Kier molecular flexibility index (Phi) is 8.31. The first-order chi connectivity index (χ1) is 19.5. The molecule has 1 aliphatic heterocycles. The third kappa shape index (κ3) is 5.86. The molecule has 0 bridgehead atoms. The van der Waals surface area contributed by atoms with Crippen LogP contribution in [0.25, 0.3) is 5.57 Å². The summed E-state index contributed by atoms with van der Waals surface area (Å²) in [5.74, 6) is -0.0134. The van der Waals surface area contributed by atoms with Gasteiger partial charge in [0, 0.05) is 34.3 Å². The van der Waals surface area contributed by atoms with Crippen LogP contribution >= 0.6 is 0 Å². The van der Waals surface area contributed by atoms with Crippen molar-refractivity contribution in [3.8, 4) is 0 Å². The zero-order valence-electron chi connectivity index (χ0n) is 26.0. The molecule has 5 rings (SSSR count). The molecule has 0 radical (unpaired) electrons. The molecular formula is C33H45F3N2O3Si. The molecule has 2 aliphatic carbocycles. The van der Waals surface area contributed by atoms with Gasteiger partial charge in [0.05, 0.1) is 19.3 Å². The molecule has 3 heterocycles. The van der Waals surface area contributed by atoms with E-state index in [4.69, 9.17) is 14.1 Å². The van der Waals surface area contributed by atoms with E-state index >= 15 is 0 Å². The van der Waals surface area contributed by atoms with Crippen LogP contribution in [0.3, 0.4) is 0 Å². The monoisotopic (exact) mass is 602 g/mol. The van der Waals surface area contributed by atoms with E-state index in [0.29, 0.717) is 30.8 Å². The number of aliphatic hydroxyl groups excluding tert-OH is 1. The Hall–Kier alpha value is -2.07. The Morgan fingerprint density at radius 3 is 2.36 bits per heavy atom. The molecule has 42 heavy (non-hydrogen) atoms. The van der Waals surface area contributed by atoms with Crippen molar-refractivity contribution in [2.75, 3.05) is 13.2 Å². The number of alkyl halides is 3. The first kappa shape index (κ1) is 31.4. The van der Waals surface area contributed by atoms with Gasteiger partial charge in [0.15, 0.2) is 8.32 Å². The number of hydrogen-bond acceptors (Lipinski definition) is 5. The fourth-order valence-electron chi connectivity index (χ4n) is 6.50. The van der Waals surface area contributed by atoms with Crippen molar-refractivity contribution in [3.63, 3.8) is 0 Å². The van der Waals surface area contributed by atoms with Gasteiger partial charge in [-0.05, 0) is 78.8 Å². The summed E-state index contributed by atoms with van der Waals surface area (Å²) in [6.07, 6.45) is 3.34. The Morgan fingerprint density at radius 1 is 1.14 bits per heavy atom. The van der Waals surface area contributed by atoms with Crippen LogP contribution in [0, 0.1) is 5.41 Å². The Labute approximate surface area is 249 Å². The molecule has 0 aromatic carbocycles. The molecule has 0 saturated heterocycles. The first-order valence-electron chi connectivity index (χ1n) is 15.3. The Morgan fingerprint density at radius 2 is 1.86 bits per heavy atom. The maximum Gasteiger partial charge on any atom is 0.433 e. The molecule has 2 atom stereocenters. The van der Waals surface area contributed by atoms with E-state index in [2.05, 4.69) is 58.8 Å². The zero-order chi connectivity index (χ0) is 30.7. The Bertz CT molecular complexity index is 1340. The van der Waals surface area contributed by atoms with Gasteiger partial charge >= 0.3 is 6.18 Å². The second kappa shape index (κ2) is 11.1. The largest absolute Gasteiger partial charge is 0.433 e. The minimum Gasteiger partial charge on any atom is -0.410 e. The van der Waals surface area contributed by atoms with Crippen LogP contribution in [0.2, 0.25) is 18.1 Å². The molecule has 1 unspecified atom stereocenters. The van der Waals surface area contributed by atoms with Crippen LogP contribution in [0.15, 0.2) is 24.4 Å². The van der Waals surface area contributed by atoms with E-state index in [1.807, 2.05) is 0 Å². The highest BCUT2D eigenvalue weighted by Crippen LogP contribution is 2.57. The van der Waals surface area contributed by atoms with Gasteiger partial charge in [-0.1, -0.05) is 53.2 Å². The number of rotatable bonds is 6.